The van der Waals surface area contributed by atoms with E-state index in [0.717, 1.165) is 6.42 Å². The van der Waals surface area contributed by atoms with Gasteiger partial charge in [-0.25, -0.2) is 0 Å². The smallest absolute Gasteiger partial charge is 0.0551 e. The molecule has 0 unspecified atom stereocenters. The third kappa shape index (κ3) is 2.29. The molecule has 0 fully saturated rings. The van der Waals surface area contributed by atoms with Gasteiger partial charge in [-0.15, -0.1) is 0 Å². The molecule has 1 nitrogen and oxygen atoms in total. The molecule has 2 rings (SSSR count). The molecule has 0 aromatic carbocycles. The molecule has 16 heavy (non-hydrogen) atoms. The van der Waals surface area contributed by atoms with Gasteiger partial charge in [0.2, 0.25) is 0 Å². The zero-order valence-corrected chi connectivity index (χ0v) is 10.7. The van der Waals surface area contributed by atoms with Crippen molar-refractivity contribution in [3.05, 3.63) is 47.9 Å². The van der Waals surface area contributed by atoms with Gasteiger partial charge < -0.3 is 4.90 Å². The van der Waals surface area contributed by atoms with Crippen molar-refractivity contribution >= 4 is 0 Å². The molecule has 0 amide bonds. The maximum atomic E-state index is 2.40. The summed E-state index contributed by atoms with van der Waals surface area (Å²) in [5.41, 5.74) is 3.04. The average molecular weight is 215 g/mol. The monoisotopic (exact) mass is 215 g/mol. The average Bonchev–Trinajstić information content (AvgIpc) is 2.39. The molecule has 2 aliphatic heterocycles. The van der Waals surface area contributed by atoms with Gasteiger partial charge in [-0.05, 0) is 36.5 Å². The second kappa shape index (κ2) is 3.97. The molecular formula is C15H21N. The number of fused-ring (bicyclic) bond motifs is 1. The zero-order valence-electron chi connectivity index (χ0n) is 10.7. The fourth-order valence-corrected chi connectivity index (χ4v) is 2.05. The first-order valence-corrected chi connectivity index (χ1v) is 6.00. The van der Waals surface area contributed by atoms with Crippen LogP contribution in [0.3, 0.4) is 0 Å². The van der Waals surface area contributed by atoms with Crippen LogP contribution in [-0.4, -0.2) is 10.9 Å². The fourth-order valence-electron chi connectivity index (χ4n) is 2.05. The van der Waals surface area contributed by atoms with Crippen molar-refractivity contribution in [2.75, 3.05) is 0 Å². The number of rotatable bonds is 0. The maximum Gasteiger partial charge on any atom is 0.0551 e. The molecule has 0 aromatic rings. The number of hydrogen-bond acceptors (Lipinski definition) is 1. The summed E-state index contributed by atoms with van der Waals surface area (Å²) in [4.78, 5) is 2.29. The molecule has 0 N–H and O–H groups in total. The van der Waals surface area contributed by atoms with E-state index in [-0.39, 0.29) is 5.41 Å². The summed E-state index contributed by atoms with van der Waals surface area (Å²) in [5, 5.41) is 0. The highest BCUT2D eigenvalue weighted by Gasteiger charge is 2.22. The predicted octanol–water partition coefficient (Wildman–Crippen LogP) is 4.02. The van der Waals surface area contributed by atoms with Crippen LogP contribution in [-0.2, 0) is 0 Å². The second-order valence-electron chi connectivity index (χ2n) is 5.70. The lowest BCUT2D eigenvalue weighted by atomic mass is 9.83. The van der Waals surface area contributed by atoms with Crippen molar-refractivity contribution < 1.29 is 0 Å². The molecule has 0 aliphatic carbocycles. The van der Waals surface area contributed by atoms with Crippen LogP contribution in [0.15, 0.2) is 47.9 Å². The van der Waals surface area contributed by atoms with E-state index in [9.17, 15) is 0 Å². The first-order valence-electron chi connectivity index (χ1n) is 6.00. The van der Waals surface area contributed by atoms with Crippen molar-refractivity contribution in [1.29, 1.82) is 0 Å². The minimum Gasteiger partial charge on any atom is -0.347 e. The minimum atomic E-state index is 0.247. The topological polar surface area (TPSA) is 3.24 Å². The van der Waals surface area contributed by atoms with Crippen LogP contribution in [0, 0.1) is 5.41 Å². The highest BCUT2D eigenvalue weighted by atomic mass is 15.1. The maximum absolute atomic E-state index is 2.40. The Balaban J connectivity index is 2.26. The van der Waals surface area contributed by atoms with Crippen molar-refractivity contribution in [3.8, 4) is 0 Å². The highest BCUT2D eigenvalue weighted by Crippen LogP contribution is 2.31. The molecule has 0 saturated heterocycles. The third-order valence-corrected chi connectivity index (χ3v) is 3.24. The Morgan fingerprint density at radius 2 is 1.88 bits per heavy atom. The van der Waals surface area contributed by atoms with Crippen molar-refractivity contribution in [3.63, 3.8) is 0 Å². The lowest BCUT2D eigenvalue weighted by Gasteiger charge is -2.31. The summed E-state index contributed by atoms with van der Waals surface area (Å²) in [6.07, 6.45) is 14.6. The fraction of sp³-hybridized carbons (Fsp3) is 0.467. The summed E-state index contributed by atoms with van der Waals surface area (Å²) in [6.45, 7) is 8.97. The largest absolute Gasteiger partial charge is 0.347 e. The van der Waals surface area contributed by atoms with Crippen LogP contribution in [0.4, 0.5) is 0 Å². The van der Waals surface area contributed by atoms with E-state index in [0.29, 0.717) is 6.04 Å². The molecule has 0 spiro atoms. The standard InChI is InChI=1S/C15H21N/c1-12-5-6-14-11-13(15(2,3)4)8-10-16(14)9-7-12/h5,7-11,14H,6H2,1-4H3/t14-/m1/s1. The van der Waals surface area contributed by atoms with Gasteiger partial charge in [-0.3, -0.25) is 0 Å². The van der Waals surface area contributed by atoms with E-state index >= 15 is 0 Å². The van der Waals surface area contributed by atoms with Gasteiger partial charge in [0.05, 0.1) is 6.04 Å². The Hall–Kier alpha value is -1.24. The predicted molar refractivity (Wildman–Crippen MR) is 69.8 cm³/mol. The molecule has 2 aliphatic rings. The van der Waals surface area contributed by atoms with Crippen molar-refractivity contribution in [1.82, 2.24) is 4.90 Å². The Morgan fingerprint density at radius 3 is 2.56 bits per heavy atom. The highest BCUT2D eigenvalue weighted by molar-refractivity contribution is 5.33. The summed E-state index contributed by atoms with van der Waals surface area (Å²) in [6, 6.07) is 0.493. The van der Waals surface area contributed by atoms with Gasteiger partial charge in [-0.2, -0.15) is 0 Å². The summed E-state index contributed by atoms with van der Waals surface area (Å²) in [5.74, 6) is 0. The lowest BCUT2D eigenvalue weighted by molar-refractivity contribution is 0.406. The van der Waals surface area contributed by atoms with Gasteiger partial charge in [0, 0.05) is 12.4 Å². The Kier molecular flexibility index (Phi) is 2.79. The van der Waals surface area contributed by atoms with Crippen molar-refractivity contribution in [2.45, 2.75) is 40.2 Å². The van der Waals surface area contributed by atoms with E-state index < -0.39 is 0 Å². The lowest BCUT2D eigenvalue weighted by Crippen LogP contribution is -2.27. The molecular weight excluding hydrogens is 194 g/mol. The van der Waals surface area contributed by atoms with Gasteiger partial charge in [-0.1, -0.05) is 38.5 Å². The summed E-state index contributed by atoms with van der Waals surface area (Å²) >= 11 is 0. The van der Waals surface area contributed by atoms with E-state index in [1.807, 2.05) is 0 Å². The summed E-state index contributed by atoms with van der Waals surface area (Å²) in [7, 11) is 0. The Bertz CT molecular complexity index is 388. The molecule has 0 radical (unpaired) electrons. The first kappa shape index (κ1) is 11.3. The van der Waals surface area contributed by atoms with Gasteiger partial charge >= 0.3 is 0 Å². The molecule has 86 valence electrons. The Morgan fingerprint density at radius 1 is 1.19 bits per heavy atom. The molecule has 1 heteroatoms. The molecule has 0 saturated carbocycles. The van der Waals surface area contributed by atoms with Crippen molar-refractivity contribution in [2.24, 2.45) is 5.41 Å². The van der Waals surface area contributed by atoms with Gasteiger partial charge in [0.15, 0.2) is 0 Å². The molecule has 2 heterocycles. The van der Waals surface area contributed by atoms with Crippen LogP contribution in [0.25, 0.3) is 0 Å². The van der Waals surface area contributed by atoms with Crippen LogP contribution < -0.4 is 0 Å². The Labute approximate surface area is 98.8 Å². The van der Waals surface area contributed by atoms with Gasteiger partial charge in [0.1, 0.15) is 0 Å². The number of hydrogen-bond donors (Lipinski definition) is 0. The SMILES string of the molecule is CC1=CC[C@@H]2C=C(C(C)(C)C)C=CN2C=C1. The molecule has 0 bridgehead atoms. The second-order valence-corrected chi connectivity index (χ2v) is 5.70. The van der Waals surface area contributed by atoms with Gasteiger partial charge in [0.25, 0.3) is 0 Å². The van der Waals surface area contributed by atoms with E-state index in [2.05, 4.69) is 69.3 Å². The minimum absolute atomic E-state index is 0.247. The van der Waals surface area contributed by atoms with Crippen LogP contribution in [0.2, 0.25) is 0 Å². The van der Waals surface area contributed by atoms with E-state index in [1.165, 1.54) is 11.1 Å². The molecule has 1 atom stereocenters. The van der Waals surface area contributed by atoms with Crippen LogP contribution >= 0.6 is 0 Å². The normalized spacial score (nSPS) is 24.8. The van der Waals surface area contributed by atoms with E-state index in [4.69, 9.17) is 0 Å². The zero-order chi connectivity index (χ0) is 11.8. The third-order valence-electron chi connectivity index (χ3n) is 3.24. The summed E-state index contributed by atoms with van der Waals surface area (Å²) < 4.78 is 0. The number of nitrogens with zero attached hydrogens (tertiary/aromatic N) is 1. The quantitative estimate of drug-likeness (QED) is 0.590. The van der Waals surface area contributed by atoms with E-state index in [1.54, 1.807) is 0 Å². The van der Waals surface area contributed by atoms with Crippen LogP contribution in [0.1, 0.15) is 34.1 Å². The number of allylic oxidation sites excluding steroid dienone is 4. The molecule has 0 aromatic heterocycles. The first-order chi connectivity index (χ1) is 7.47. The van der Waals surface area contributed by atoms with Crippen LogP contribution in [0.5, 0.6) is 0 Å².